The molecule has 2 nitrogen and oxygen atoms in total. The molecule has 0 spiro atoms. The van der Waals surface area contributed by atoms with Crippen molar-refractivity contribution in [1.29, 1.82) is 0 Å². The zero-order valence-corrected chi connectivity index (χ0v) is 8.07. The van der Waals surface area contributed by atoms with Gasteiger partial charge in [-0.3, -0.25) is 0 Å². The highest BCUT2D eigenvalue weighted by atomic mass is 35.5. The van der Waals surface area contributed by atoms with E-state index in [2.05, 4.69) is 0 Å². The van der Waals surface area contributed by atoms with Crippen LogP contribution in [0.3, 0.4) is 0 Å². The van der Waals surface area contributed by atoms with E-state index in [4.69, 9.17) is 22.1 Å². The van der Waals surface area contributed by atoms with Crippen LogP contribution in [0, 0.1) is 5.82 Å². The first-order valence-corrected chi connectivity index (χ1v) is 4.22. The smallest absolute Gasteiger partial charge is 0.130 e. The van der Waals surface area contributed by atoms with Crippen LogP contribution in [0.1, 0.15) is 11.1 Å². The summed E-state index contributed by atoms with van der Waals surface area (Å²) in [7, 11) is 1.49. The van der Waals surface area contributed by atoms with Crippen LogP contribution in [0.5, 0.6) is 0 Å². The molecule has 0 aliphatic rings. The third kappa shape index (κ3) is 2.40. The van der Waals surface area contributed by atoms with E-state index in [1.165, 1.54) is 13.2 Å². The summed E-state index contributed by atoms with van der Waals surface area (Å²) in [6.45, 7) is 0.458. The van der Waals surface area contributed by atoms with Gasteiger partial charge in [0.25, 0.3) is 0 Å². The molecular formula is C9H11ClFNO. The van der Waals surface area contributed by atoms with Gasteiger partial charge in [0, 0.05) is 24.2 Å². The molecule has 1 rings (SSSR count). The maximum atomic E-state index is 13.3. The molecule has 0 fully saturated rings. The molecule has 1 aromatic carbocycles. The average molecular weight is 204 g/mol. The topological polar surface area (TPSA) is 35.2 Å². The van der Waals surface area contributed by atoms with Crippen molar-refractivity contribution in [2.45, 2.75) is 13.2 Å². The van der Waals surface area contributed by atoms with Gasteiger partial charge in [0.1, 0.15) is 5.82 Å². The second kappa shape index (κ2) is 4.56. The highest BCUT2D eigenvalue weighted by Crippen LogP contribution is 2.22. The normalized spacial score (nSPS) is 10.5. The largest absolute Gasteiger partial charge is 0.380 e. The summed E-state index contributed by atoms with van der Waals surface area (Å²) in [5, 5.41) is 0.363. The fourth-order valence-corrected chi connectivity index (χ4v) is 1.34. The molecular weight excluding hydrogens is 193 g/mol. The summed E-state index contributed by atoms with van der Waals surface area (Å²) < 4.78 is 18.1. The Morgan fingerprint density at radius 3 is 2.69 bits per heavy atom. The van der Waals surface area contributed by atoms with Crippen molar-refractivity contribution >= 4 is 11.6 Å². The molecule has 0 aliphatic carbocycles. The summed E-state index contributed by atoms with van der Waals surface area (Å²) in [5.41, 5.74) is 6.41. The SMILES string of the molecule is COCc1c(F)cc(CN)cc1Cl. The lowest BCUT2D eigenvalue weighted by Crippen LogP contribution is -2.00. The molecule has 4 heteroatoms. The van der Waals surface area contributed by atoms with Crippen LogP contribution in [-0.4, -0.2) is 7.11 Å². The fraction of sp³-hybridized carbons (Fsp3) is 0.333. The van der Waals surface area contributed by atoms with Crippen LogP contribution >= 0.6 is 11.6 Å². The fourth-order valence-electron chi connectivity index (χ4n) is 1.06. The van der Waals surface area contributed by atoms with E-state index in [1.807, 2.05) is 0 Å². The van der Waals surface area contributed by atoms with Gasteiger partial charge in [-0.05, 0) is 17.7 Å². The first-order chi connectivity index (χ1) is 6.19. The quantitative estimate of drug-likeness (QED) is 0.817. The molecule has 13 heavy (non-hydrogen) atoms. The number of benzene rings is 1. The Hall–Kier alpha value is -0.640. The van der Waals surface area contributed by atoms with Crippen molar-refractivity contribution in [2.75, 3.05) is 7.11 Å². The minimum Gasteiger partial charge on any atom is -0.380 e. The lowest BCUT2D eigenvalue weighted by molar-refractivity contribution is 0.181. The first kappa shape index (κ1) is 10.4. The monoisotopic (exact) mass is 203 g/mol. The minimum absolute atomic E-state index is 0.176. The van der Waals surface area contributed by atoms with Gasteiger partial charge in [-0.2, -0.15) is 0 Å². The number of hydrogen-bond donors (Lipinski definition) is 1. The third-order valence-electron chi connectivity index (χ3n) is 1.73. The Morgan fingerprint density at radius 1 is 1.54 bits per heavy atom. The van der Waals surface area contributed by atoms with E-state index < -0.39 is 0 Å². The summed E-state index contributed by atoms with van der Waals surface area (Å²) >= 11 is 5.82. The lowest BCUT2D eigenvalue weighted by Gasteiger charge is -2.06. The average Bonchev–Trinajstić information content (AvgIpc) is 2.11. The van der Waals surface area contributed by atoms with E-state index >= 15 is 0 Å². The molecule has 0 heterocycles. The zero-order valence-electron chi connectivity index (χ0n) is 7.31. The molecule has 0 amide bonds. The predicted octanol–water partition coefficient (Wildman–Crippen LogP) is 2.08. The third-order valence-corrected chi connectivity index (χ3v) is 2.06. The van der Waals surface area contributed by atoms with Crippen molar-refractivity contribution in [2.24, 2.45) is 5.73 Å². The molecule has 1 aromatic rings. The molecule has 0 aliphatic heterocycles. The summed E-state index contributed by atoms with van der Waals surface area (Å²) in [4.78, 5) is 0. The van der Waals surface area contributed by atoms with Crippen molar-refractivity contribution < 1.29 is 9.13 Å². The molecule has 0 aromatic heterocycles. The molecule has 0 radical (unpaired) electrons. The van der Waals surface area contributed by atoms with Gasteiger partial charge in [-0.15, -0.1) is 0 Å². The lowest BCUT2D eigenvalue weighted by atomic mass is 10.1. The van der Waals surface area contributed by atoms with Gasteiger partial charge in [0.05, 0.1) is 6.61 Å². The number of hydrogen-bond acceptors (Lipinski definition) is 2. The van der Waals surface area contributed by atoms with Gasteiger partial charge in [-0.25, -0.2) is 4.39 Å². The number of methoxy groups -OCH3 is 1. The Bertz CT molecular complexity index is 281. The van der Waals surface area contributed by atoms with E-state index in [1.54, 1.807) is 6.07 Å². The van der Waals surface area contributed by atoms with Crippen molar-refractivity contribution in [3.8, 4) is 0 Å². The van der Waals surface area contributed by atoms with Gasteiger partial charge in [0.15, 0.2) is 0 Å². The number of halogens is 2. The Balaban J connectivity index is 3.07. The molecule has 0 bridgehead atoms. The van der Waals surface area contributed by atoms with Crippen LogP contribution in [0.2, 0.25) is 5.02 Å². The van der Waals surface area contributed by atoms with Crippen LogP contribution < -0.4 is 5.73 Å². The van der Waals surface area contributed by atoms with Crippen LogP contribution in [0.4, 0.5) is 4.39 Å². The molecule has 0 unspecified atom stereocenters. The zero-order chi connectivity index (χ0) is 9.84. The second-order valence-electron chi connectivity index (χ2n) is 2.68. The van der Waals surface area contributed by atoms with E-state index in [-0.39, 0.29) is 19.0 Å². The number of nitrogens with two attached hydrogens (primary N) is 1. The molecule has 0 atom stereocenters. The van der Waals surface area contributed by atoms with Crippen LogP contribution in [0.15, 0.2) is 12.1 Å². The highest BCUT2D eigenvalue weighted by Gasteiger charge is 2.08. The van der Waals surface area contributed by atoms with Gasteiger partial charge >= 0.3 is 0 Å². The predicted molar refractivity (Wildman–Crippen MR) is 50.0 cm³/mol. The Kier molecular flexibility index (Phi) is 3.66. The summed E-state index contributed by atoms with van der Waals surface area (Å²) in [6, 6.07) is 3.03. The molecule has 0 saturated carbocycles. The van der Waals surface area contributed by atoms with Crippen molar-refractivity contribution in [1.82, 2.24) is 0 Å². The van der Waals surface area contributed by atoms with E-state index in [9.17, 15) is 4.39 Å². The summed E-state index contributed by atoms with van der Waals surface area (Å²) in [5.74, 6) is -0.366. The summed E-state index contributed by atoms with van der Waals surface area (Å²) in [6.07, 6.45) is 0. The number of ether oxygens (including phenoxy) is 1. The minimum atomic E-state index is -0.366. The molecule has 0 saturated heterocycles. The molecule has 72 valence electrons. The Morgan fingerprint density at radius 2 is 2.23 bits per heavy atom. The Labute approximate surface area is 81.4 Å². The van der Waals surface area contributed by atoms with Gasteiger partial charge in [0.2, 0.25) is 0 Å². The highest BCUT2D eigenvalue weighted by molar-refractivity contribution is 6.31. The van der Waals surface area contributed by atoms with Crippen molar-refractivity contribution in [3.05, 3.63) is 34.1 Å². The van der Waals surface area contributed by atoms with E-state index in [0.717, 1.165) is 0 Å². The van der Waals surface area contributed by atoms with E-state index in [0.29, 0.717) is 16.1 Å². The van der Waals surface area contributed by atoms with Crippen LogP contribution in [0.25, 0.3) is 0 Å². The maximum absolute atomic E-state index is 13.3. The molecule has 2 N–H and O–H groups in total. The van der Waals surface area contributed by atoms with Crippen LogP contribution in [-0.2, 0) is 17.9 Å². The number of rotatable bonds is 3. The van der Waals surface area contributed by atoms with Gasteiger partial charge < -0.3 is 10.5 Å². The second-order valence-corrected chi connectivity index (χ2v) is 3.08. The van der Waals surface area contributed by atoms with Crippen molar-refractivity contribution in [3.63, 3.8) is 0 Å². The van der Waals surface area contributed by atoms with Gasteiger partial charge in [-0.1, -0.05) is 11.6 Å². The first-order valence-electron chi connectivity index (χ1n) is 3.84. The maximum Gasteiger partial charge on any atom is 0.130 e. The standard InChI is InChI=1S/C9H11ClFNO/c1-13-5-7-8(10)2-6(4-12)3-9(7)11/h2-3H,4-5,12H2,1H3.